The van der Waals surface area contributed by atoms with Crippen molar-refractivity contribution in [3.63, 3.8) is 0 Å². The Morgan fingerprint density at radius 2 is 1.50 bits per heavy atom. The summed E-state index contributed by atoms with van der Waals surface area (Å²) in [6.45, 7) is 11.1. The van der Waals surface area contributed by atoms with Crippen molar-refractivity contribution in [1.82, 2.24) is 0 Å². The number of rotatable bonds is 6. The van der Waals surface area contributed by atoms with Crippen LogP contribution in [-0.4, -0.2) is 34.6 Å². The molecule has 0 aromatic heterocycles. The van der Waals surface area contributed by atoms with E-state index in [0.29, 0.717) is 19.6 Å². The highest BCUT2D eigenvalue weighted by molar-refractivity contribution is 5.40. The van der Waals surface area contributed by atoms with Gasteiger partial charge in [0, 0.05) is 6.42 Å². The third-order valence-corrected chi connectivity index (χ3v) is 2.78. The van der Waals surface area contributed by atoms with Crippen molar-refractivity contribution in [2.75, 3.05) is 13.2 Å². The molecule has 0 unspecified atom stereocenters. The van der Waals surface area contributed by atoms with Gasteiger partial charge in [0.1, 0.15) is 0 Å². The van der Waals surface area contributed by atoms with Gasteiger partial charge in [-0.2, -0.15) is 0 Å². The molecule has 0 saturated heterocycles. The summed E-state index contributed by atoms with van der Waals surface area (Å²) in [5.74, 6) is -0.208. The number of hydrogen-bond acceptors (Lipinski definition) is 4. The smallest absolute Gasteiger partial charge is 0.157 e. The molecule has 1 rings (SSSR count). The summed E-state index contributed by atoms with van der Waals surface area (Å²) in [6.07, 6.45) is 0.649. The zero-order valence-electron chi connectivity index (χ0n) is 13.1. The minimum atomic E-state index is -0.356. The maximum atomic E-state index is 9.49. The lowest BCUT2D eigenvalue weighted by atomic mass is 9.98. The zero-order valence-corrected chi connectivity index (χ0v) is 13.1. The van der Waals surface area contributed by atoms with E-state index in [1.807, 2.05) is 34.6 Å². The Bertz CT molecular complexity index is 433. The minimum Gasteiger partial charge on any atom is -0.504 e. The summed E-state index contributed by atoms with van der Waals surface area (Å²) in [6, 6.07) is 4.83. The summed E-state index contributed by atoms with van der Waals surface area (Å²) < 4.78 is 11.4. The van der Waals surface area contributed by atoms with Crippen LogP contribution in [0.4, 0.5) is 0 Å². The fourth-order valence-corrected chi connectivity index (χ4v) is 1.89. The molecule has 0 aliphatic rings. The van der Waals surface area contributed by atoms with E-state index in [0.717, 1.165) is 5.56 Å². The number of ether oxygens (including phenoxy) is 2. The summed E-state index contributed by atoms with van der Waals surface area (Å²) in [5.41, 5.74) is 0.406. The largest absolute Gasteiger partial charge is 0.504 e. The van der Waals surface area contributed by atoms with E-state index in [9.17, 15) is 10.2 Å². The highest BCUT2D eigenvalue weighted by atomic mass is 16.5. The molecule has 4 heteroatoms. The Balaban J connectivity index is 2.46. The fraction of sp³-hybridized carbons (Fsp3) is 0.625. The molecule has 0 bridgehead atoms. The average Bonchev–Trinajstić information content (AvgIpc) is 2.28. The molecule has 20 heavy (non-hydrogen) atoms. The number of phenols is 2. The number of phenolic OH excluding ortho intramolecular Hbond substituents is 2. The fourth-order valence-electron chi connectivity index (χ4n) is 1.89. The van der Waals surface area contributed by atoms with Crippen LogP contribution in [0.3, 0.4) is 0 Å². The van der Waals surface area contributed by atoms with Gasteiger partial charge in [0.15, 0.2) is 11.5 Å². The van der Waals surface area contributed by atoms with Crippen LogP contribution in [0.15, 0.2) is 18.2 Å². The van der Waals surface area contributed by atoms with E-state index in [1.54, 1.807) is 12.1 Å². The van der Waals surface area contributed by atoms with Crippen molar-refractivity contribution in [1.29, 1.82) is 0 Å². The molecule has 4 nitrogen and oxygen atoms in total. The van der Waals surface area contributed by atoms with Crippen molar-refractivity contribution >= 4 is 0 Å². The molecule has 0 atom stereocenters. The van der Waals surface area contributed by atoms with Crippen LogP contribution in [0.25, 0.3) is 0 Å². The van der Waals surface area contributed by atoms with E-state index in [2.05, 4.69) is 0 Å². The standard InChI is InChI=1S/C16H26O4/c1-15(2,3)19-8-9-20-16(4,5)11-12-6-7-13(17)14(18)10-12/h6-7,10,17-18H,8-9,11H2,1-5H3. The normalized spacial score (nSPS) is 12.7. The van der Waals surface area contributed by atoms with Crippen molar-refractivity contribution in [3.05, 3.63) is 23.8 Å². The van der Waals surface area contributed by atoms with Crippen LogP contribution in [0.1, 0.15) is 40.2 Å². The molecule has 1 aromatic carbocycles. The highest BCUT2D eigenvalue weighted by Crippen LogP contribution is 2.27. The van der Waals surface area contributed by atoms with Crippen molar-refractivity contribution in [2.24, 2.45) is 0 Å². The van der Waals surface area contributed by atoms with Gasteiger partial charge in [0.05, 0.1) is 24.4 Å². The Morgan fingerprint density at radius 1 is 0.900 bits per heavy atom. The molecular formula is C16H26O4. The average molecular weight is 282 g/mol. The van der Waals surface area contributed by atoms with Gasteiger partial charge in [0.25, 0.3) is 0 Å². The van der Waals surface area contributed by atoms with E-state index < -0.39 is 0 Å². The van der Waals surface area contributed by atoms with Crippen LogP contribution in [0.2, 0.25) is 0 Å². The van der Waals surface area contributed by atoms with Gasteiger partial charge in [-0.15, -0.1) is 0 Å². The van der Waals surface area contributed by atoms with Crippen LogP contribution in [0.5, 0.6) is 11.5 Å². The van der Waals surface area contributed by atoms with Gasteiger partial charge in [-0.25, -0.2) is 0 Å². The molecule has 0 spiro atoms. The predicted molar refractivity (Wildman–Crippen MR) is 79.2 cm³/mol. The molecule has 0 aliphatic heterocycles. The quantitative estimate of drug-likeness (QED) is 0.621. The lowest BCUT2D eigenvalue weighted by Gasteiger charge is -2.27. The van der Waals surface area contributed by atoms with Crippen LogP contribution >= 0.6 is 0 Å². The summed E-state index contributed by atoms with van der Waals surface area (Å²) in [4.78, 5) is 0. The number of benzene rings is 1. The zero-order chi connectivity index (χ0) is 15.4. The van der Waals surface area contributed by atoms with Crippen molar-refractivity contribution in [2.45, 2.75) is 52.2 Å². The molecule has 0 saturated carbocycles. The lowest BCUT2D eigenvalue weighted by Crippen LogP contribution is -2.30. The maximum absolute atomic E-state index is 9.49. The van der Waals surface area contributed by atoms with E-state index in [1.165, 1.54) is 6.07 Å². The van der Waals surface area contributed by atoms with Gasteiger partial charge in [-0.1, -0.05) is 6.07 Å². The maximum Gasteiger partial charge on any atom is 0.157 e. The Hall–Kier alpha value is -1.26. The molecule has 1 aromatic rings. The molecular weight excluding hydrogens is 256 g/mol. The van der Waals surface area contributed by atoms with Gasteiger partial charge >= 0.3 is 0 Å². The third-order valence-electron chi connectivity index (χ3n) is 2.78. The topological polar surface area (TPSA) is 58.9 Å². The summed E-state index contributed by atoms with van der Waals surface area (Å²) in [7, 11) is 0. The SMILES string of the molecule is CC(C)(C)OCCOC(C)(C)Cc1ccc(O)c(O)c1. The van der Waals surface area contributed by atoms with Gasteiger partial charge in [-0.05, 0) is 52.3 Å². The van der Waals surface area contributed by atoms with Gasteiger partial charge < -0.3 is 19.7 Å². The van der Waals surface area contributed by atoms with Gasteiger partial charge in [-0.3, -0.25) is 0 Å². The first-order valence-corrected chi connectivity index (χ1v) is 6.88. The first-order valence-electron chi connectivity index (χ1n) is 6.88. The first-order chi connectivity index (χ1) is 9.09. The molecule has 0 aliphatic carbocycles. The predicted octanol–water partition coefficient (Wildman–Crippen LogP) is 3.25. The minimum absolute atomic E-state index is 0.102. The molecule has 2 N–H and O–H groups in total. The first kappa shape index (κ1) is 16.8. The third kappa shape index (κ3) is 6.26. The monoisotopic (exact) mass is 282 g/mol. The number of hydrogen-bond donors (Lipinski definition) is 2. The molecule has 0 fully saturated rings. The molecule has 0 radical (unpaired) electrons. The van der Waals surface area contributed by atoms with E-state index in [4.69, 9.17) is 9.47 Å². The molecule has 0 amide bonds. The molecule has 114 valence electrons. The second-order valence-corrected chi connectivity index (χ2v) is 6.57. The molecule has 0 heterocycles. The van der Waals surface area contributed by atoms with Gasteiger partial charge in [0.2, 0.25) is 0 Å². The Labute approximate surface area is 121 Å². The van der Waals surface area contributed by atoms with Crippen molar-refractivity contribution < 1.29 is 19.7 Å². The van der Waals surface area contributed by atoms with E-state index in [-0.39, 0.29) is 22.7 Å². The van der Waals surface area contributed by atoms with E-state index >= 15 is 0 Å². The Kier molecular flexibility index (Phi) is 5.42. The Morgan fingerprint density at radius 3 is 2.05 bits per heavy atom. The second-order valence-electron chi connectivity index (χ2n) is 6.57. The number of aromatic hydroxyl groups is 2. The van der Waals surface area contributed by atoms with Crippen LogP contribution in [-0.2, 0) is 15.9 Å². The lowest BCUT2D eigenvalue weighted by molar-refractivity contribution is -0.0780. The highest BCUT2D eigenvalue weighted by Gasteiger charge is 2.20. The summed E-state index contributed by atoms with van der Waals surface area (Å²) >= 11 is 0. The second kappa shape index (κ2) is 6.46. The van der Waals surface area contributed by atoms with Crippen LogP contribution in [0, 0.1) is 0 Å². The summed E-state index contributed by atoms with van der Waals surface area (Å²) in [5, 5.41) is 18.8. The van der Waals surface area contributed by atoms with Crippen LogP contribution < -0.4 is 0 Å². The van der Waals surface area contributed by atoms with Crippen molar-refractivity contribution in [3.8, 4) is 11.5 Å².